The van der Waals surface area contributed by atoms with E-state index in [0.717, 1.165) is 40.6 Å². The Labute approximate surface area is 164 Å². The van der Waals surface area contributed by atoms with Gasteiger partial charge in [-0.1, -0.05) is 60.1 Å². The molecule has 140 valence electrons. The van der Waals surface area contributed by atoms with Crippen LogP contribution in [-0.2, 0) is 11.3 Å². The highest BCUT2D eigenvalue weighted by atomic mass is 35.5. The van der Waals surface area contributed by atoms with E-state index in [2.05, 4.69) is 20.6 Å². The summed E-state index contributed by atoms with van der Waals surface area (Å²) in [5.41, 5.74) is 2.91. The van der Waals surface area contributed by atoms with Gasteiger partial charge >= 0.3 is 0 Å². The van der Waals surface area contributed by atoms with Gasteiger partial charge in [-0.2, -0.15) is 4.98 Å². The highest BCUT2D eigenvalue weighted by molar-refractivity contribution is 6.31. The van der Waals surface area contributed by atoms with Crippen molar-refractivity contribution in [3.63, 3.8) is 0 Å². The van der Waals surface area contributed by atoms with Crippen molar-refractivity contribution in [1.82, 2.24) is 9.97 Å². The summed E-state index contributed by atoms with van der Waals surface area (Å²) in [4.78, 5) is 9.25. The van der Waals surface area contributed by atoms with Crippen molar-refractivity contribution in [2.45, 2.75) is 13.0 Å². The van der Waals surface area contributed by atoms with E-state index in [4.69, 9.17) is 16.3 Å². The highest BCUT2D eigenvalue weighted by Gasteiger charge is 2.07. The summed E-state index contributed by atoms with van der Waals surface area (Å²) < 4.78 is 5.10. The van der Waals surface area contributed by atoms with Crippen molar-refractivity contribution >= 4 is 23.4 Å². The Bertz CT molecular complexity index is 858. The van der Waals surface area contributed by atoms with Gasteiger partial charge in [0.1, 0.15) is 5.82 Å². The summed E-state index contributed by atoms with van der Waals surface area (Å²) in [6, 6.07) is 19.8. The third kappa shape index (κ3) is 5.67. The zero-order chi connectivity index (χ0) is 18.9. The molecule has 0 saturated heterocycles. The Morgan fingerprint density at radius 2 is 1.74 bits per heavy atom. The van der Waals surface area contributed by atoms with Crippen molar-refractivity contribution in [2.24, 2.45) is 0 Å². The maximum atomic E-state index is 6.24. The lowest BCUT2D eigenvalue weighted by Crippen LogP contribution is -2.10. The molecule has 0 radical (unpaired) electrons. The van der Waals surface area contributed by atoms with Crippen LogP contribution in [0.3, 0.4) is 0 Å². The Hall–Kier alpha value is -2.63. The van der Waals surface area contributed by atoms with E-state index < -0.39 is 0 Å². The predicted molar refractivity (Wildman–Crippen MR) is 111 cm³/mol. The molecule has 1 heterocycles. The number of benzene rings is 2. The smallest absolute Gasteiger partial charge is 0.225 e. The molecule has 0 saturated carbocycles. The molecule has 5 nitrogen and oxygen atoms in total. The molecule has 3 aromatic rings. The average Bonchev–Trinajstić information content (AvgIpc) is 2.71. The number of ether oxygens (including phenoxy) is 1. The zero-order valence-electron chi connectivity index (χ0n) is 15.3. The molecule has 0 fully saturated rings. The van der Waals surface area contributed by atoms with Gasteiger partial charge in [-0.05, 0) is 18.1 Å². The van der Waals surface area contributed by atoms with E-state index >= 15 is 0 Å². The van der Waals surface area contributed by atoms with Gasteiger partial charge in [0.15, 0.2) is 0 Å². The molecule has 0 spiro atoms. The molecule has 0 amide bonds. The molecule has 0 bridgehead atoms. The van der Waals surface area contributed by atoms with Gasteiger partial charge in [-0.3, -0.25) is 0 Å². The molecular formula is C21H23ClN4O. The number of aromatic nitrogens is 2. The summed E-state index contributed by atoms with van der Waals surface area (Å²) in [6.07, 6.45) is 0.906. The zero-order valence-corrected chi connectivity index (χ0v) is 16.0. The number of hydrogen-bond donors (Lipinski definition) is 2. The number of nitrogens with one attached hydrogen (secondary N) is 2. The number of anilines is 2. The fourth-order valence-corrected chi connectivity index (χ4v) is 2.83. The van der Waals surface area contributed by atoms with Crippen LogP contribution in [0.4, 0.5) is 11.8 Å². The molecule has 2 aromatic carbocycles. The number of halogens is 1. The van der Waals surface area contributed by atoms with Gasteiger partial charge in [0, 0.05) is 43.5 Å². The van der Waals surface area contributed by atoms with Crippen LogP contribution in [0.2, 0.25) is 5.02 Å². The first kappa shape index (κ1) is 19.1. The fourth-order valence-electron chi connectivity index (χ4n) is 2.62. The maximum Gasteiger partial charge on any atom is 0.225 e. The molecule has 6 heteroatoms. The Kier molecular flexibility index (Phi) is 7.02. The summed E-state index contributed by atoms with van der Waals surface area (Å²) in [5, 5.41) is 7.35. The first-order chi connectivity index (χ1) is 13.3. The Balaban J connectivity index is 1.79. The van der Waals surface area contributed by atoms with Crippen LogP contribution >= 0.6 is 11.6 Å². The quantitative estimate of drug-likeness (QED) is 0.517. The SMILES string of the molecule is COCCCNc1cc(-c2ccccc2)nc(NCc2ccccc2Cl)n1. The molecule has 2 N–H and O–H groups in total. The third-order valence-corrected chi connectivity index (χ3v) is 4.39. The van der Waals surface area contributed by atoms with Crippen molar-refractivity contribution in [3.05, 3.63) is 71.2 Å². The van der Waals surface area contributed by atoms with E-state index in [-0.39, 0.29) is 0 Å². The molecule has 0 aliphatic rings. The van der Waals surface area contributed by atoms with Crippen LogP contribution in [0.5, 0.6) is 0 Å². The van der Waals surface area contributed by atoms with E-state index in [1.807, 2.05) is 60.7 Å². The highest BCUT2D eigenvalue weighted by Crippen LogP contribution is 2.22. The molecule has 27 heavy (non-hydrogen) atoms. The summed E-state index contributed by atoms with van der Waals surface area (Å²) >= 11 is 6.24. The molecule has 3 rings (SSSR count). The van der Waals surface area contributed by atoms with E-state index in [1.54, 1.807) is 7.11 Å². The van der Waals surface area contributed by atoms with E-state index in [1.165, 1.54) is 0 Å². The first-order valence-corrected chi connectivity index (χ1v) is 9.28. The fraction of sp³-hybridized carbons (Fsp3) is 0.238. The van der Waals surface area contributed by atoms with Gasteiger partial charge < -0.3 is 15.4 Å². The van der Waals surface area contributed by atoms with E-state index in [9.17, 15) is 0 Å². The van der Waals surface area contributed by atoms with Crippen LogP contribution in [0, 0.1) is 0 Å². The van der Waals surface area contributed by atoms with Crippen LogP contribution < -0.4 is 10.6 Å². The van der Waals surface area contributed by atoms with Gasteiger partial charge in [0.2, 0.25) is 5.95 Å². The topological polar surface area (TPSA) is 59.1 Å². The molecule has 0 atom stereocenters. The van der Waals surface area contributed by atoms with Crippen LogP contribution in [0.15, 0.2) is 60.7 Å². The van der Waals surface area contributed by atoms with Crippen molar-refractivity contribution in [3.8, 4) is 11.3 Å². The summed E-state index contributed by atoms with van der Waals surface area (Å²) in [7, 11) is 1.70. The second kappa shape index (κ2) is 9.90. The molecule has 0 unspecified atom stereocenters. The van der Waals surface area contributed by atoms with Crippen molar-refractivity contribution < 1.29 is 4.74 Å². The number of nitrogens with zero attached hydrogens (tertiary/aromatic N) is 2. The van der Waals surface area contributed by atoms with Crippen LogP contribution in [0.25, 0.3) is 11.3 Å². The minimum absolute atomic E-state index is 0.557. The Morgan fingerprint density at radius 1 is 0.963 bits per heavy atom. The van der Waals surface area contributed by atoms with Crippen LogP contribution in [-0.4, -0.2) is 30.2 Å². The normalized spacial score (nSPS) is 10.6. The Morgan fingerprint density at radius 3 is 2.52 bits per heavy atom. The van der Waals surface area contributed by atoms with Crippen LogP contribution in [0.1, 0.15) is 12.0 Å². The molecule has 0 aliphatic carbocycles. The minimum Gasteiger partial charge on any atom is -0.385 e. The lowest BCUT2D eigenvalue weighted by atomic mass is 10.1. The van der Waals surface area contributed by atoms with Crippen molar-refractivity contribution in [2.75, 3.05) is 30.9 Å². The van der Waals surface area contributed by atoms with Gasteiger partial charge in [-0.25, -0.2) is 4.98 Å². The largest absolute Gasteiger partial charge is 0.385 e. The second-order valence-corrected chi connectivity index (χ2v) is 6.45. The summed E-state index contributed by atoms with van der Waals surface area (Å²) in [5.74, 6) is 1.34. The molecular weight excluding hydrogens is 360 g/mol. The van der Waals surface area contributed by atoms with E-state index in [0.29, 0.717) is 19.1 Å². The second-order valence-electron chi connectivity index (χ2n) is 6.05. The van der Waals surface area contributed by atoms with Gasteiger partial charge in [0.05, 0.1) is 5.69 Å². The molecule has 0 aliphatic heterocycles. The standard InChI is InChI=1S/C21H23ClN4O/c1-27-13-7-12-23-20-14-19(16-8-3-2-4-9-16)25-21(26-20)24-15-17-10-5-6-11-18(17)22/h2-6,8-11,14H,7,12-13,15H2,1H3,(H2,23,24,25,26). The lowest BCUT2D eigenvalue weighted by Gasteiger charge is -2.12. The average molecular weight is 383 g/mol. The monoisotopic (exact) mass is 382 g/mol. The maximum absolute atomic E-state index is 6.24. The van der Waals surface area contributed by atoms with Gasteiger partial charge in [-0.15, -0.1) is 0 Å². The number of methoxy groups -OCH3 is 1. The predicted octanol–water partition coefficient (Wildman–Crippen LogP) is 4.86. The van der Waals surface area contributed by atoms with Crippen molar-refractivity contribution in [1.29, 1.82) is 0 Å². The first-order valence-electron chi connectivity index (χ1n) is 8.91. The summed E-state index contributed by atoms with van der Waals surface area (Å²) in [6.45, 7) is 2.05. The third-order valence-electron chi connectivity index (χ3n) is 4.02. The van der Waals surface area contributed by atoms with Gasteiger partial charge in [0.25, 0.3) is 0 Å². The number of rotatable bonds is 9. The minimum atomic E-state index is 0.557. The lowest BCUT2D eigenvalue weighted by molar-refractivity contribution is 0.198. The number of hydrogen-bond acceptors (Lipinski definition) is 5. The molecule has 1 aromatic heterocycles.